The van der Waals surface area contributed by atoms with Gasteiger partial charge in [-0.15, -0.1) is 0 Å². The number of rotatable bonds is 6. The zero-order valence-electron chi connectivity index (χ0n) is 14.2. The molecule has 0 saturated carbocycles. The van der Waals surface area contributed by atoms with Gasteiger partial charge in [-0.2, -0.15) is 0 Å². The molecule has 2 N–H and O–H groups in total. The number of nitrogens with zero attached hydrogens (tertiary/aromatic N) is 1. The number of anilines is 2. The van der Waals surface area contributed by atoms with Crippen molar-refractivity contribution in [3.63, 3.8) is 0 Å². The van der Waals surface area contributed by atoms with Crippen LogP contribution >= 0.6 is 11.3 Å². The van der Waals surface area contributed by atoms with Crippen LogP contribution in [0, 0.1) is 6.92 Å². The van der Waals surface area contributed by atoms with E-state index < -0.39 is 5.97 Å². The highest BCUT2D eigenvalue weighted by atomic mass is 32.1. The molecule has 0 aliphatic rings. The second-order valence-corrected chi connectivity index (χ2v) is 6.26. The number of aromatic nitrogens is 1. The number of esters is 1. The zero-order valence-corrected chi connectivity index (χ0v) is 15.0. The van der Waals surface area contributed by atoms with Crippen molar-refractivity contribution in [2.45, 2.75) is 27.2 Å². The molecule has 8 heteroatoms. The molecule has 2 aromatic rings. The van der Waals surface area contributed by atoms with Gasteiger partial charge in [-0.05, 0) is 31.5 Å². The van der Waals surface area contributed by atoms with Crippen molar-refractivity contribution in [2.75, 3.05) is 17.2 Å². The molecule has 0 radical (unpaired) electrons. The minimum absolute atomic E-state index is 0.151. The minimum Gasteiger partial charge on any atom is -0.462 e. The van der Waals surface area contributed by atoms with Gasteiger partial charge >= 0.3 is 5.97 Å². The van der Waals surface area contributed by atoms with Crippen LogP contribution in [0.2, 0.25) is 0 Å². The number of thiazole rings is 1. The molecular formula is C17H19N3O4S. The van der Waals surface area contributed by atoms with Crippen molar-refractivity contribution >= 4 is 39.9 Å². The molecular weight excluding hydrogens is 342 g/mol. The van der Waals surface area contributed by atoms with E-state index in [-0.39, 0.29) is 24.8 Å². The number of benzene rings is 1. The largest absolute Gasteiger partial charge is 0.462 e. The van der Waals surface area contributed by atoms with Gasteiger partial charge in [-0.25, -0.2) is 9.78 Å². The first-order valence-electron chi connectivity index (χ1n) is 7.70. The molecule has 132 valence electrons. The van der Waals surface area contributed by atoms with Crippen LogP contribution < -0.4 is 10.6 Å². The molecule has 1 heterocycles. The van der Waals surface area contributed by atoms with Crippen molar-refractivity contribution in [3.05, 3.63) is 40.4 Å². The van der Waals surface area contributed by atoms with Crippen LogP contribution in [0.1, 0.15) is 34.8 Å². The Kier molecular flexibility index (Phi) is 6.24. The molecule has 25 heavy (non-hydrogen) atoms. The minimum atomic E-state index is -0.438. The third kappa shape index (κ3) is 5.39. The standard InChI is InChI=1S/C17H19N3O4S/c1-4-24-16(23)15-10(2)18-17(25-15)20-14(22)9-12-5-7-13(8-6-12)19-11(3)21/h5-8H,4,9H2,1-3H3,(H,19,21)(H,18,20,22). The highest BCUT2D eigenvalue weighted by molar-refractivity contribution is 7.17. The van der Waals surface area contributed by atoms with Crippen molar-refractivity contribution in [1.82, 2.24) is 4.98 Å². The van der Waals surface area contributed by atoms with E-state index in [2.05, 4.69) is 15.6 Å². The average Bonchev–Trinajstić information content (AvgIpc) is 2.89. The Morgan fingerprint density at radius 2 is 1.84 bits per heavy atom. The summed E-state index contributed by atoms with van der Waals surface area (Å²) in [7, 11) is 0. The van der Waals surface area contributed by atoms with Gasteiger partial charge in [0, 0.05) is 12.6 Å². The molecule has 1 aromatic heterocycles. The van der Waals surface area contributed by atoms with Gasteiger partial charge in [0.2, 0.25) is 11.8 Å². The molecule has 2 amide bonds. The van der Waals surface area contributed by atoms with Gasteiger partial charge in [-0.3, -0.25) is 9.59 Å². The highest BCUT2D eigenvalue weighted by Crippen LogP contribution is 2.23. The summed E-state index contributed by atoms with van der Waals surface area (Å²) < 4.78 is 4.95. The number of amides is 2. The van der Waals surface area contributed by atoms with Crippen molar-refractivity contribution in [3.8, 4) is 0 Å². The van der Waals surface area contributed by atoms with Crippen molar-refractivity contribution < 1.29 is 19.1 Å². The van der Waals surface area contributed by atoms with Crippen molar-refractivity contribution in [2.24, 2.45) is 0 Å². The molecule has 0 atom stereocenters. The van der Waals surface area contributed by atoms with E-state index in [1.54, 1.807) is 38.1 Å². The Morgan fingerprint density at radius 3 is 2.44 bits per heavy atom. The second-order valence-electron chi connectivity index (χ2n) is 5.26. The SMILES string of the molecule is CCOC(=O)c1sc(NC(=O)Cc2ccc(NC(C)=O)cc2)nc1C. The lowest BCUT2D eigenvalue weighted by molar-refractivity contribution is -0.116. The monoisotopic (exact) mass is 361 g/mol. The van der Waals surface area contributed by atoms with Gasteiger partial charge in [-0.1, -0.05) is 23.5 Å². The number of ether oxygens (including phenoxy) is 1. The molecule has 2 rings (SSSR count). The second kappa shape index (κ2) is 8.39. The predicted octanol–water partition coefficient (Wildman–Crippen LogP) is 2.77. The first-order valence-corrected chi connectivity index (χ1v) is 8.51. The fraction of sp³-hybridized carbons (Fsp3) is 0.294. The highest BCUT2D eigenvalue weighted by Gasteiger charge is 2.17. The van der Waals surface area contributed by atoms with Crippen LogP contribution in [0.15, 0.2) is 24.3 Å². The normalized spacial score (nSPS) is 10.2. The Labute approximate surface area is 149 Å². The number of aryl methyl sites for hydroxylation is 1. The molecule has 1 aromatic carbocycles. The third-order valence-corrected chi connectivity index (χ3v) is 4.20. The van der Waals surface area contributed by atoms with Gasteiger partial charge in [0.25, 0.3) is 0 Å². The number of carbonyl (C=O) groups is 3. The summed E-state index contributed by atoms with van der Waals surface area (Å²) in [4.78, 5) is 39.4. The zero-order chi connectivity index (χ0) is 18.4. The number of hydrogen-bond acceptors (Lipinski definition) is 6. The van der Waals surface area contributed by atoms with E-state index in [9.17, 15) is 14.4 Å². The lowest BCUT2D eigenvalue weighted by atomic mass is 10.1. The maximum absolute atomic E-state index is 12.1. The third-order valence-electron chi connectivity index (χ3n) is 3.14. The number of nitrogens with one attached hydrogen (secondary N) is 2. The summed E-state index contributed by atoms with van der Waals surface area (Å²) in [6, 6.07) is 7.00. The summed E-state index contributed by atoms with van der Waals surface area (Å²) in [5.41, 5.74) is 2.00. The number of hydrogen-bond donors (Lipinski definition) is 2. The van der Waals surface area contributed by atoms with Crippen LogP contribution in [0.5, 0.6) is 0 Å². The van der Waals surface area contributed by atoms with E-state index in [1.807, 2.05) is 0 Å². The van der Waals surface area contributed by atoms with Crippen LogP contribution in [0.4, 0.5) is 10.8 Å². The van der Waals surface area contributed by atoms with Crippen molar-refractivity contribution in [1.29, 1.82) is 0 Å². The Balaban J connectivity index is 1.97. The fourth-order valence-corrected chi connectivity index (χ4v) is 2.97. The predicted molar refractivity (Wildman–Crippen MR) is 95.9 cm³/mol. The molecule has 0 aliphatic heterocycles. The van der Waals surface area contributed by atoms with Gasteiger partial charge < -0.3 is 15.4 Å². The summed E-state index contributed by atoms with van der Waals surface area (Å²) in [6.45, 7) is 5.14. The van der Waals surface area contributed by atoms with Crippen LogP contribution in [-0.2, 0) is 20.7 Å². The van der Waals surface area contributed by atoms with Crippen LogP contribution in [0.25, 0.3) is 0 Å². The fourth-order valence-electron chi connectivity index (χ4n) is 2.09. The average molecular weight is 361 g/mol. The topological polar surface area (TPSA) is 97.4 Å². The summed E-state index contributed by atoms with van der Waals surface area (Å²) in [5.74, 6) is -0.829. The Bertz CT molecular complexity index is 784. The van der Waals surface area contributed by atoms with Gasteiger partial charge in [0.05, 0.1) is 18.7 Å². The van der Waals surface area contributed by atoms with Gasteiger partial charge in [0.1, 0.15) is 4.88 Å². The van der Waals surface area contributed by atoms with E-state index in [4.69, 9.17) is 4.74 Å². The lowest BCUT2D eigenvalue weighted by Gasteiger charge is -2.05. The van der Waals surface area contributed by atoms with Crippen LogP contribution in [-0.4, -0.2) is 29.4 Å². The molecule has 0 unspecified atom stereocenters. The van der Waals surface area contributed by atoms with E-state index in [0.717, 1.165) is 16.9 Å². The molecule has 0 fully saturated rings. The Morgan fingerprint density at radius 1 is 1.16 bits per heavy atom. The maximum atomic E-state index is 12.1. The molecule has 0 spiro atoms. The lowest BCUT2D eigenvalue weighted by Crippen LogP contribution is -2.14. The Hall–Kier alpha value is -2.74. The molecule has 0 saturated heterocycles. The number of carbonyl (C=O) groups excluding carboxylic acids is 3. The summed E-state index contributed by atoms with van der Waals surface area (Å²) >= 11 is 1.09. The first-order chi connectivity index (χ1) is 11.9. The maximum Gasteiger partial charge on any atom is 0.350 e. The molecule has 0 aliphatic carbocycles. The van der Waals surface area contributed by atoms with E-state index >= 15 is 0 Å². The van der Waals surface area contributed by atoms with Gasteiger partial charge in [0.15, 0.2) is 5.13 Å². The van der Waals surface area contributed by atoms with E-state index in [1.165, 1.54) is 6.92 Å². The summed E-state index contributed by atoms with van der Waals surface area (Å²) in [6.07, 6.45) is 0.160. The molecule has 0 bridgehead atoms. The summed E-state index contributed by atoms with van der Waals surface area (Å²) in [5, 5.41) is 5.71. The molecule has 7 nitrogen and oxygen atoms in total. The first kappa shape index (κ1) is 18.6. The van der Waals surface area contributed by atoms with Crippen LogP contribution in [0.3, 0.4) is 0 Å². The smallest absolute Gasteiger partial charge is 0.350 e. The van der Waals surface area contributed by atoms with E-state index in [0.29, 0.717) is 21.4 Å². The quantitative estimate of drug-likeness (QED) is 0.771.